The van der Waals surface area contributed by atoms with E-state index < -0.39 is 4.92 Å². The minimum atomic E-state index is -0.424. The van der Waals surface area contributed by atoms with Gasteiger partial charge in [0.2, 0.25) is 0 Å². The largest absolute Gasteiger partial charge is 0.491 e. The summed E-state index contributed by atoms with van der Waals surface area (Å²) in [6.45, 7) is 2.77. The molecule has 1 saturated heterocycles. The van der Waals surface area contributed by atoms with Crippen molar-refractivity contribution in [3.63, 3.8) is 0 Å². The number of ether oxygens (including phenoxy) is 1. The van der Waals surface area contributed by atoms with Gasteiger partial charge in [0.25, 0.3) is 5.69 Å². The zero-order chi connectivity index (χ0) is 14.5. The SMILES string of the molecule is O=[N+]([O-])c1cc(Br)c(OCCC2CCCNC2)c(Br)c1. The van der Waals surface area contributed by atoms with Gasteiger partial charge in [0.05, 0.1) is 20.5 Å². The van der Waals surface area contributed by atoms with Gasteiger partial charge in [-0.3, -0.25) is 10.1 Å². The summed E-state index contributed by atoms with van der Waals surface area (Å²) in [6.07, 6.45) is 3.44. The molecule has 5 nitrogen and oxygen atoms in total. The number of nitrogens with one attached hydrogen (secondary N) is 1. The van der Waals surface area contributed by atoms with Crippen molar-refractivity contribution in [2.24, 2.45) is 5.92 Å². The van der Waals surface area contributed by atoms with E-state index in [-0.39, 0.29) is 5.69 Å². The van der Waals surface area contributed by atoms with E-state index in [0.29, 0.717) is 27.2 Å². The molecule has 1 unspecified atom stereocenters. The van der Waals surface area contributed by atoms with Crippen molar-refractivity contribution in [3.8, 4) is 5.75 Å². The van der Waals surface area contributed by atoms with E-state index in [1.54, 1.807) is 0 Å². The second kappa shape index (κ2) is 7.38. The first-order valence-electron chi connectivity index (χ1n) is 6.55. The van der Waals surface area contributed by atoms with Crippen LogP contribution in [0.25, 0.3) is 0 Å². The lowest BCUT2D eigenvalue weighted by Crippen LogP contribution is -2.30. The van der Waals surface area contributed by atoms with Gasteiger partial charge in [-0.25, -0.2) is 0 Å². The van der Waals surface area contributed by atoms with Crippen LogP contribution in [0.15, 0.2) is 21.1 Å². The van der Waals surface area contributed by atoms with E-state index in [9.17, 15) is 10.1 Å². The van der Waals surface area contributed by atoms with Crippen LogP contribution in [0.2, 0.25) is 0 Å². The van der Waals surface area contributed by atoms with Crippen LogP contribution in [-0.2, 0) is 0 Å². The molecule has 0 radical (unpaired) electrons. The Morgan fingerprint density at radius 3 is 2.65 bits per heavy atom. The van der Waals surface area contributed by atoms with Gasteiger partial charge in [-0.1, -0.05) is 0 Å². The molecule has 1 heterocycles. The second-order valence-electron chi connectivity index (χ2n) is 4.85. The van der Waals surface area contributed by atoms with Gasteiger partial charge >= 0.3 is 0 Å². The van der Waals surface area contributed by atoms with Gasteiger partial charge < -0.3 is 10.1 Å². The van der Waals surface area contributed by atoms with Crippen LogP contribution >= 0.6 is 31.9 Å². The Morgan fingerprint density at radius 2 is 2.10 bits per heavy atom. The molecule has 7 heteroatoms. The Kier molecular flexibility index (Phi) is 5.80. The lowest BCUT2D eigenvalue weighted by atomic mass is 9.97. The molecule has 0 aromatic heterocycles. The quantitative estimate of drug-likeness (QED) is 0.594. The Balaban J connectivity index is 1.93. The Hall–Kier alpha value is -0.660. The highest BCUT2D eigenvalue weighted by Crippen LogP contribution is 2.37. The fourth-order valence-corrected chi connectivity index (χ4v) is 3.68. The minimum absolute atomic E-state index is 0.0348. The molecule has 1 aliphatic heterocycles. The van der Waals surface area contributed by atoms with E-state index in [2.05, 4.69) is 37.2 Å². The van der Waals surface area contributed by atoms with Gasteiger partial charge in [-0.15, -0.1) is 0 Å². The summed E-state index contributed by atoms with van der Waals surface area (Å²) in [4.78, 5) is 10.3. The second-order valence-corrected chi connectivity index (χ2v) is 6.55. The fourth-order valence-electron chi connectivity index (χ4n) is 2.29. The molecular weight excluding hydrogens is 392 g/mol. The molecule has 0 amide bonds. The molecule has 0 saturated carbocycles. The molecule has 1 aliphatic rings. The van der Waals surface area contributed by atoms with Gasteiger partial charge in [0.1, 0.15) is 5.75 Å². The molecule has 1 aromatic carbocycles. The lowest BCUT2D eigenvalue weighted by Gasteiger charge is -2.22. The van der Waals surface area contributed by atoms with Gasteiger partial charge in [-0.05, 0) is 70.1 Å². The third kappa shape index (κ3) is 4.17. The van der Waals surface area contributed by atoms with Crippen LogP contribution in [0.3, 0.4) is 0 Å². The molecule has 2 rings (SSSR count). The third-order valence-corrected chi connectivity index (χ3v) is 4.54. The number of rotatable bonds is 5. The highest BCUT2D eigenvalue weighted by Gasteiger charge is 2.16. The highest BCUT2D eigenvalue weighted by atomic mass is 79.9. The number of nitro benzene ring substituents is 1. The van der Waals surface area contributed by atoms with Crippen molar-refractivity contribution < 1.29 is 9.66 Å². The highest BCUT2D eigenvalue weighted by molar-refractivity contribution is 9.11. The molecule has 110 valence electrons. The van der Waals surface area contributed by atoms with Crippen molar-refractivity contribution in [1.82, 2.24) is 5.32 Å². The topological polar surface area (TPSA) is 64.4 Å². The van der Waals surface area contributed by atoms with Gasteiger partial charge in [0.15, 0.2) is 0 Å². The van der Waals surface area contributed by atoms with Crippen molar-refractivity contribution in [1.29, 1.82) is 0 Å². The number of non-ortho nitro benzene ring substituents is 1. The summed E-state index contributed by atoms with van der Waals surface area (Å²) in [7, 11) is 0. The molecular formula is C13H16Br2N2O3. The zero-order valence-electron chi connectivity index (χ0n) is 10.9. The number of piperidine rings is 1. The van der Waals surface area contributed by atoms with Crippen LogP contribution in [0.4, 0.5) is 5.69 Å². The first-order valence-corrected chi connectivity index (χ1v) is 8.13. The molecule has 0 aliphatic carbocycles. The molecule has 0 bridgehead atoms. The van der Waals surface area contributed by atoms with Crippen LogP contribution in [-0.4, -0.2) is 24.6 Å². The maximum Gasteiger partial charge on any atom is 0.271 e. The number of halogens is 2. The fraction of sp³-hybridized carbons (Fsp3) is 0.538. The molecule has 1 atom stereocenters. The predicted octanol–water partition coefficient (Wildman–Crippen LogP) is 3.89. The molecule has 1 aromatic rings. The van der Waals surface area contributed by atoms with Crippen LogP contribution < -0.4 is 10.1 Å². The smallest absolute Gasteiger partial charge is 0.271 e. The zero-order valence-corrected chi connectivity index (χ0v) is 14.1. The van der Waals surface area contributed by atoms with E-state index in [1.165, 1.54) is 25.0 Å². The monoisotopic (exact) mass is 406 g/mol. The molecule has 1 fully saturated rings. The average molecular weight is 408 g/mol. The summed E-state index contributed by atoms with van der Waals surface area (Å²) < 4.78 is 6.96. The van der Waals surface area contributed by atoms with Crippen molar-refractivity contribution in [3.05, 3.63) is 31.2 Å². The minimum Gasteiger partial charge on any atom is -0.491 e. The van der Waals surface area contributed by atoms with Crippen LogP contribution in [0, 0.1) is 16.0 Å². The number of hydrogen-bond acceptors (Lipinski definition) is 4. The number of nitro groups is 1. The summed E-state index contributed by atoms with van der Waals surface area (Å²) in [5.41, 5.74) is 0.0348. The maximum absolute atomic E-state index is 10.8. The van der Waals surface area contributed by atoms with Crippen LogP contribution in [0.1, 0.15) is 19.3 Å². The standard InChI is InChI=1S/C13H16Br2N2O3/c14-11-6-10(17(18)19)7-12(15)13(11)20-5-3-9-2-1-4-16-8-9/h6-7,9,16H,1-5,8H2. The van der Waals surface area contributed by atoms with Gasteiger partial charge in [0, 0.05) is 12.1 Å². The van der Waals surface area contributed by atoms with E-state index >= 15 is 0 Å². The van der Waals surface area contributed by atoms with E-state index in [0.717, 1.165) is 19.5 Å². The summed E-state index contributed by atoms with van der Waals surface area (Å²) in [6, 6.07) is 2.92. The number of benzene rings is 1. The lowest BCUT2D eigenvalue weighted by molar-refractivity contribution is -0.385. The molecule has 1 N–H and O–H groups in total. The Morgan fingerprint density at radius 1 is 1.40 bits per heavy atom. The Labute approximate surface area is 134 Å². The summed E-state index contributed by atoms with van der Waals surface area (Å²) in [5, 5.41) is 14.1. The van der Waals surface area contributed by atoms with Crippen molar-refractivity contribution in [2.75, 3.05) is 19.7 Å². The first kappa shape index (κ1) is 15.7. The van der Waals surface area contributed by atoms with E-state index in [4.69, 9.17) is 4.74 Å². The predicted molar refractivity (Wildman–Crippen MR) is 84.2 cm³/mol. The molecule has 0 spiro atoms. The number of hydrogen-bond donors (Lipinski definition) is 1. The van der Waals surface area contributed by atoms with Crippen molar-refractivity contribution in [2.45, 2.75) is 19.3 Å². The first-order chi connectivity index (χ1) is 9.58. The van der Waals surface area contributed by atoms with Crippen molar-refractivity contribution >= 4 is 37.5 Å². The Bertz CT molecular complexity index is 467. The normalized spacial score (nSPS) is 18.8. The summed E-state index contributed by atoms with van der Waals surface area (Å²) >= 11 is 6.64. The average Bonchev–Trinajstić information content (AvgIpc) is 2.42. The number of nitrogens with zero attached hydrogens (tertiary/aromatic N) is 1. The van der Waals surface area contributed by atoms with Crippen LogP contribution in [0.5, 0.6) is 5.75 Å². The van der Waals surface area contributed by atoms with Gasteiger partial charge in [-0.2, -0.15) is 0 Å². The molecule has 20 heavy (non-hydrogen) atoms. The van der Waals surface area contributed by atoms with E-state index in [1.807, 2.05) is 0 Å². The maximum atomic E-state index is 10.8. The third-order valence-electron chi connectivity index (χ3n) is 3.37. The summed E-state index contributed by atoms with van der Waals surface area (Å²) in [5.74, 6) is 1.28.